The zero-order chi connectivity index (χ0) is 46.9. The van der Waals surface area contributed by atoms with Crippen molar-refractivity contribution in [3.05, 3.63) is 252 Å². The summed E-state index contributed by atoms with van der Waals surface area (Å²) in [5, 5.41) is 5.07. The van der Waals surface area contributed by atoms with Crippen molar-refractivity contribution < 1.29 is 0 Å². The summed E-state index contributed by atoms with van der Waals surface area (Å²) in [6.07, 6.45) is 4.56. The number of para-hydroxylation sites is 3. The monoisotopic (exact) mass is 894 g/mol. The second kappa shape index (κ2) is 15.0. The third kappa shape index (κ3) is 5.99. The lowest BCUT2D eigenvalue weighted by molar-refractivity contribution is 0.652. The Bertz CT molecular complexity index is 4140. The van der Waals surface area contributed by atoms with E-state index in [2.05, 4.69) is 267 Å². The average Bonchev–Trinajstić information content (AvgIpc) is 4.06. The van der Waals surface area contributed by atoms with Crippen LogP contribution >= 0.6 is 0 Å². The van der Waals surface area contributed by atoms with E-state index in [-0.39, 0.29) is 10.8 Å². The van der Waals surface area contributed by atoms with Gasteiger partial charge in [-0.2, -0.15) is 0 Å². The van der Waals surface area contributed by atoms with Crippen LogP contribution in [0.1, 0.15) is 61.1 Å². The molecule has 2 aliphatic carbocycles. The van der Waals surface area contributed by atoms with Crippen LogP contribution in [-0.4, -0.2) is 9.13 Å². The number of nitrogens with zero attached hydrogens (tertiary/aromatic N) is 2. The Morgan fingerprint density at radius 3 is 1.34 bits per heavy atom. The largest absolute Gasteiger partial charge is 0.309 e. The molecule has 0 amide bonds. The molecule has 0 N–H and O–H groups in total. The first-order chi connectivity index (χ1) is 34.2. The Hall–Kier alpha value is -8.46. The van der Waals surface area contributed by atoms with Crippen LogP contribution in [0.5, 0.6) is 0 Å². The van der Waals surface area contributed by atoms with Crippen LogP contribution in [0.15, 0.2) is 218 Å². The third-order valence-corrected chi connectivity index (χ3v) is 15.9. The van der Waals surface area contributed by atoms with E-state index in [1.165, 1.54) is 133 Å². The first-order valence-corrected chi connectivity index (χ1v) is 24.7. The average molecular weight is 895 g/mol. The standard InChI is InChI=1S/C68H50N2/c1-67(2)59-38-44(24-23-43-26-35-65-57(37-43)53-19-11-13-21-63(53)69(65)49-17-9-6-10-18-49)25-33-51(59)55-41-62-56(42-61(55)67)52-34-29-48(40-60(52)68(62,3)4)47-30-36-66-58(39-47)54-20-12-14-22-64(54)70(66)50-31-27-46(28-32-50)45-15-7-5-8-16-45/h5-42H,1-4H3. The molecule has 0 aliphatic heterocycles. The van der Waals surface area contributed by atoms with Gasteiger partial charge in [-0.25, -0.2) is 0 Å². The molecule has 332 valence electrons. The summed E-state index contributed by atoms with van der Waals surface area (Å²) in [5.74, 6) is 0. The molecule has 0 spiro atoms. The quantitative estimate of drug-likeness (QED) is 0.147. The van der Waals surface area contributed by atoms with Crippen LogP contribution in [0, 0.1) is 0 Å². The van der Waals surface area contributed by atoms with Gasteiger partial charge in [0.1, 0.15) is 0 Å². The van der Waals surface area contributed by atoms with Gasteiger partial charge in [-0.05, 0) is 157 Å². The Labute approximate surface area is 409 Å². The SMILES string of the molecule is CC1(C)c2cc(C=Cc3ccc4c(c3)c3ccccc3n4-c3ccccc3)ccc2-c2cc3c(cc21)-c1ccc(-c2ccc4c(c2)c2ccccc2n4-c2ccc(-c4ccccc4)cc2)cc1C3(C)C. The summed E-state index contributed by atoms with van der Waals surface area (Å²) >= 11 is 0. The smallest absolute Gasteiger partial charge is 0.0541 e. The molecule has 12 aromatic rings. The van der Waals surface area contributed by atoms with E-state index < -0.39 is 0 Å². The van der Waals surface area contributed by atoms with Crippen molar-refractivity contribution >= 4 is 55.8 Å². The molecule has 0 atom stereocenters. The molecule has 0 saturated carbocycles. The van der Waals surface area contributed by atoms with Crippen LogP contribution in [0.4, 0.5) is 0 Å². The summed E-state index contributed by atoms with van der Waals surface area (Å²) < 4.78 is 4.79. The molecule has 2 heterocycles. The van der Waals surface area contributed by atoms with Crippen LogP contribution < -0.4 is 0 Å². The van der Waals surface area contributed by atoms with Gasteiger partial charge in [-0.15, -0.1) is 0 Å². The van der Waals surface area contributed by atoms with E-state index in [1.807, 2.05) is 0 Å². The molecule has 0 saturated heterocycles. The van der Waals surface area contributed by atoms with Crippen LogP contribution in [0.2, 0.25) is 0 Å². The maximum absolute atomic E-state index is 2.53. The lowest BCUT2D eigenvalue weighted by Gasteiger charge is -2.24. The molecule has 10 aromatic carbocycles. The predicted molar refractivity (Wildman–Crippen MR) is 296 cm³/mol. The maximum atomic E-state index is 2.53. The van der Waals surface area contributed by atoms with Crippen molar-refractivity contribution in [2.75, 3.05) is 0 Å². The van der Waals surface area contributed by atoms with Crippen LogP contribution in [0.25, 0.3) is 112 Å². The van der Waals surface area contributed by atoms with Crippen molar-refractivity contribution in [2.24, 2.45) is 0 Å². The molecular formula is C68H50N2. The van der Waals surface area contributed by atoms with Crippen molar-refractivity contribution in [3.63, 3.8) is 0 Å². The molecule has 2 nitrogen and oxygen atoms in total. The number of aromatic nitrogens is 2. The van der Waals surface area contributed by atoms with Gasteiger partial charge in [0.2, 0.25) is 0 Å². The summed E-state index contributed by atoms with van der Waals surface area (Å²) in [6.45, 7) is 9.65. The fourth-order valence-corrected chi connectivity index (χ4v) is 12.3. The van der Waals surface area contributed by atoms with Crippen LogP contribution in [-0.2, 0) is 10.8 Å². The molecule has 0 fully saturated rings. The number of hydrogen-bond acceptors (Lipinski definition) is 0. The first-order valence-electron chi connectivity index (χ1n) is 24.7. The molecule has 0 bridgehead atoms. The lowest BCUT2D eigenvalue weighted by Crippen LogP contribution is -2.17. The van der Waals surface area contributed by atoms with E-state index in [0.717, 1.165) is 0 Å². The fraction of sp³-hybridized carbons (Fsp3) is 0.0882. The predicted octanol–water partition coefficient (Wildman–Crippen LogP) is 18.0. The normalized spacial score (nSPS) is 14.2. The van der Waals surface area contributed by atoms with Gasteiger partial charge in [0.05, 0.1) is 22.1 Å². The molecule has 2 aromatic heterocycles. The minimum atomic E-state index is -0.161. The molecule has 14 rings (SSSR count). The Morgan fingerprint density at radius 1 is 0.286 bits per heavy atom. The third-order valence-electron chi connectivity index (χ3n) is 15.9. The number of fused-ring (bicyclic) bond motifs is 12. The molecule has 0 radical (unpaired) electrons. The van der Waals surface area contributed by atoms with Crippen molar-refractivity contribution in [1.29, 1.82) is 0 Å². The zero-order valence-corrected chi connectivity index (χ0v) is 39.8. The van der Waals surface area contributed by atoms with Gasteiger partial charge in [-0.3, -0.25) is 0 Å². The minimum absolute atomic E-state index is 0.146. The van der Waals surface area contributed by atoms with Crippen LogP contribution in [0.3, 0.4) is 0 Å². The van der Waals surface area contributed by atoms with E-state index in [4.69, 9.17) is 0 Å². The second-order valence-electron chi connectivity index (χ2n) is 20.6. The highest BCUT2D eigenvalue weighted by molar-refractivity contribution is 6.11. The van der Waals surface area contributed by atoms with Gasteiger partial charge < -0.3 is 9.13 Å². The van der Waals surface area contributed by atoms with E-state index >= 15 is 0 Å². The minimum Gasteiger partial charge on any atom is -0.309 e. The van der Waals surface area contributed by atoms with Gasteiger partial charge in [-0.1, -0.05) is 179 Å². The number of hydrogen-bond donors (Lipinski definition) is 0. The molecule has 0 unspecified atom stereocenters. The second-order valence-corrected chi connectivity index (χ2v) is 20.6. The summed E-state index contributed by atoms with van der Waals surface area (Å²) in [6, 6.07) is 81.1. The van der Waals surface area contributed by atoms with E-state index in [1.54, 1.807) is 0 Å². The van der Waals surface area contributed by atoms with Gasteiger partial charge in [0, 0.05) is 43.7 Å². The van der Waals surface area contributed by atoms with Gasteiger partial charge in [0.15, 0.2) is 0 Å². The highest BCUT2D eigenvalue weighted by Crippen LogP contribution is 2.56. The molecular weight excluding hydrogens is 845 g/mol. The van der Waals surface area contributed by atoms with Crippen molar-refractivity contribution in [1.82, 2.24) is 9.13 Å². The fourth-order valence-electron chi connectivity index (χ4n) is 12.3. The molecule has 2 heteroatoms. The number of rotatable bonds is 6. The molecule has 70 heavy (non-hydrogen) atoms. The summed E-state index contributed by atoms with van der Waals surface area (Å²) in [7, 11) is 0. The van der Waals surface area contributed by atoms with E-state index in [9.17, 15) is 0 Å². The Kier molecular flexibility index (Phi) is 8.71. The number of benzene rings is 10. The highest BCUT2D eigenvalue weighted by Gasteiger charge is 2.42. The Morgan fingerprint density at radius 2 is 0.700 bits per heavy atom. The summed E-state index contributed by atoms with van der Waals surface area (Å²) in [4.78, 5) is 0. The van der Waals surface area contributed by atoms with E-state index in [0.29, 0.717) is 0 Å². The van der Waals surface area contributed by atoms with Crippen molar-refractivity contribution in [3.8, 4) is 55.9 Å². The highest BCUT2D eigenvalue weighted by atomic mass is 15.0. The molecule has 2 aliphatic rings. The van der Waals surface area contributed by atoms with Crippen molar-refractivity contribution in [2.45, 2.75) is 38.5 Å². The zero-order valence-electron chi connectivity index (χ0n) is 39.8. The van der Waals surface area contributed by atoms with Gasteiger partial charge >= 0.3 is 0 Å². The lowest BCUT2D eigenvalue weighted by atomic mass is 9.79. The topological polar surface area (TPSA) is 9.86 Å². The van der Waals surface area contributed by atoms with Gasteiger partial charge in [0.25, 0.3) is 0 Å². The summed E-state index contributed by atoms with van der Waals surface area (Å²) in [5.41, 5.74) is 25.3. The first kappa shape index (κ1) is 40.6. The Balaban J connectivity index is 0.780. The maximum Gasteiger partial charge on any atom is 0.0541 e.